The van der Waals surface area contributed by atoms with Gasteiger partial charge in [0, 0.05) is 18.4 Å². The van der Waals surface area contributed by atoms with Crippen LogP contribution in [0.1, 0.15) is 24.5 Å². The lowest BCUT2D eigenvalue weighted by Gasteiger charge is -2.30. The first-order valence-electron chi connectivity index (χ1n) is 9.25. The zero-order valence-corrected chi connectivity index (χ0v) is 17.8. The van der Waals surface area contributed by atoms with Gasteiger partial charge in [0.15, 0.2) is 4.67 Å². The minimum absolute atomic E-state index is 0.394. The summed E-state index contributed by atoms with van der Waals surface area (Å²) in [7, 11) is 1.65. The zero-order valence-electron chi connectivity index (χ0n) is 16.2. The van der Waals surface area contributed by atoms with E-state index in [0.29, 0.717) is 13.2 Å². The predicted molar refractivity (Wildman–Crippen MR) is 113 cm³/mol. The highest BCUT2D eigenvalue weighted by atomic mass is 79.9. The lowest BCUT2D eigenvalue weighted by Crippen LogP contribution is -2.33. The molecule has 0 fully saturated rings. The number of halogens is 1. The zero-order chi connectivity index (χ0) is 19.8. The number of methoxy groups -OCH3 is 1. The fourth-order valence-electron chi connectivity index (χ4n) is 2.95. The van der Waals surface area contributed by atoms with E-state index in [1.165, 1.54) is 0 Å². The van der Waals surface area contributed by atoms with E-state index in [9.17, 15) is 0 Å². The van der Waals surface area contributed by atoms with Gasteiger partial charge in [-0.05, 0) is 58.7 Å². The van der Waals surface area contributed by atoms with Crippen LogP contribution in [0.25, 0.3) is 0 Å². The Kier molecular flexibility index (Phi) is 7.18. The number of rotatable bonds is 10. The molecule has 0 N–H and O–H groups in total. The van der Waals surface area contributed by atoms with Gasteiger partial charge in [0.2, 0.25) is 0 Å². The lowest BCUT2D eigenvalue weighted by molar-refractivity contribution is -0.0552. The second-order valence-corrected chi connectivity index (χ2v) is 7.61. The molecule has 3 rings (SSSR count). The summed E-state index contributed by atoms with van der Waals surface area (Å²) < 4.78 is 23.6. The summed E-state index contributed by atoms with van der Waals surface area (Å²) in [4.78, 5) is 0. The molecule has 0 saturated heterocycles. The number of benzene rings is 2. The third-order valence-electron chi connectivity index (χ3n) is 4.65. The molecule has 5 heteroatoms. The molecule has 148 valence electrons. The molecule has 28 heavy (non-hydrogen) atoms. The van der Waals surface area contributed by atoms with Crippen molar-refractivity contribution >= 4 is 15.9 Å². The molecule has 0 spiro atoms. The van der Waals surface area contributed by atoms with Crippen molar-refractivity contribution in [1.82, 2.24) is 0 Å². The van der Waals surface area contributed by atoms with Crippen LogP contribution in [0, 0.1) is 0 Å². The Hall–Kier alpha value is -2.24. The SMILES string of the molecule is COc1ccc(OCC[C@@](C)(Cc2ccoc2Br)OCc2ccccc2)cc1. The molecule has 0 radical (unpaired) electrons. The van der Waals surface area contributed by atoms with Gasteiger partial charge in [0.1, 0.15) is 11.5 Å². The van der Waals surface area contributed by atoms with E-state index in [1.54, 1.807) is 13.4 Å². The van der Waals surface area contributed by atoms with Gasteiger partial charge in [-0.2, -0.15) is 0 Å². The second-order valence-electron chi connectivity index (χ2n) is 6.89. The van der Waals surface area contributed by atoms with Crippen molar-refractivity contribution in [3.8, 4) is 11.5 Å². The van der Waals surface area contributed by atoms with Gasteiger partial charge in [-0.1, -0.05) is 30.3 Å². The van der Waals surface area contributed by atoms with Crippen molar-refractivity contribution in [3.63, 3.8) is 0 Å². The molecule has 1 atom stereocenters. The van der Waals surface area contributed by atoms with Crippen molar-refractivity contribution in [2.24, 2.45) is 0 Å². The molecule has 2 aromatic carbocycles. The van der Waals surface area contributed by atoms with Crippen LogP contribution in [-0.2, 0) is 17.8 Å². The minimum Gasteiger partial charge on any atom is -0.497 e. The lowest BCUT2D eigenvalue weighted by atomic mass is 9.94. The van der Waals surface area contributed by atoms with Crippen molar-refractivity contribution in [1.29, 1.82) is 0 Å². The smallest absolute Gasteiger partial charge is 0.172 e. The first-order chi connectivity index (χ1) is 13.6. The molecule has 0 amide bonds. The number of hydrogen-bond donors (Lipinski definition) is 0. The van der Waals surface area contributed by atoms with Gasteiger partial charge in [0.25, 0.3) is 0 Å². The number of hydrogen-bond acceptors (Lipinski definition) is 4. The van der Waals surface area contributed by atoms with E-state index < -0.39 is 5.60 Å². The highest BCUT2D eigenvalue weighted by molar-refractivity contribution is 9.10. The molecule has 0 aliphatic heterocycles. The van der Waals surface area contributed by atoms with Crippen LogP contribution in [-0.4, -0.2) is 19.3 Å². The topological polar surface area (TPSA) is 40.8 Å². The van der Waals surface area contributed by atoms with Gasteiger partial charge in [-0.15, -0.1) is 0 Å². The fourth-order valence-corrected chi connectivity index (χ4v) is 3.33. The van der Waals surface area contributed by atoms with Gasteiger partial charge >= 0.3 is 0 Å². The number of ether oxygens (including phenoxy) is 3. The maximum Gasteiger partial charge on any atom is 0.172 e. The molecule has 1 aromatic heterocycles. The quantitative estimate of drug-likeness (QED) is 0.382. The molecular weight excluding hydrogens is 420 g/mol. The largest absolute Gasteiger partial charge is 0.497 e. The van der Waals surface area contributed by atoms with E-state index >= 15 is 0 Å². The van der Waals surface area contributed by atoms with Crippen LogP contribution >= 0.6 is 15.9 Å². The predicted octanol–water partition coefficient (Wildman–Crippen LogP) is 6.04. The third kappa shape index (κ3) is 5.88. The summed E-state index contributed by atoms with van der Waals surface area (Å²) in [5.74, 6) is 1.63. The Labute approximate surface area is 174 Å². The van der Waals surface area contributed by atoms with Crippen molar-refractivity contribution in [3.05, 3.63) is 82.7 Å². The van der Waals surface area contributed by atoms with Crippen molar-refractivity contribution in [2.45, 2.75) is 32.0 Å². The van der Waals surface area contributed by atoms with Crippen LogP contribution in [0.2, 0.25) is 0 Å². The summed E-state index contributed by atoms with van der Waals surface area (Å²) >= 11 is 3.47. The fraction of sp³-hybridized carbons (Fsp3) is 0.304. The first-order valence-corrected chi connectivity index (χ1v) is 10.0. The molecular formula is C23H25BrO4. The highest BCUT2D eigenvalue weighted by Gasteiger charge is 2.27. The van der Waals surface area contributed by atoms with E-state index in [-0.39, 0.29) is 0 Å². The van der Waals surface area contributed by atoms with Gasteiger partial charge in [0.05, 0.1) is 32.2 Å². The molecule has 0 aliphatic carbocycles. The van der Waals surface area contributed by atoms with E-state index in [1.807, 2.05) is 48.5 Å². The van der Waals surface area contributed by atoms with Crippen LogP contribution in [0.5, 0.6) is 11.5 Å². The molecule has 4 nitrogen and oxygen atoms in total. The number of furan rings is 1. The summed E-state index contributed by atoms with van der Waals surface area (Å²) in [6, 6.07) is 19.8. The van der Waals surface area contributed by atoms with Gasteiger partial charge < -0.3 is 18.6 Å². The van der Waals surface area contributed by atoms with Crippen LogP contribution in [0.3, 0.4) is 0 Å². The van der Waals surface area contributed by atoms with Crippen LogP contribution in [0.4, 0.5) is 0 Å². The maximum atomic E-state index is 6.36. The Morgan fingerprint density at radius 1 is 0.964 bits per heavy atom. The molecule has 0 unspecified atom stereocenters. The molecule has 0 aliphatic rings. The summed E-state index contributed by atoms with van der Waals surface area (Å²) in [6.07, 6.45) is 3.15. The molecule has 1 heterocycles. The van der Waals surface area contributed by atoms with E-state index in [0.717, 1.165) is 40.1 Å². The monoisotopic (exact) mass is 444 g/mol. The minimum atomic E-state index is -0.394. The summed E-state index contributed by atoms with van der Waals surface area (Å²) in [5.41, 5.74) is 1.84. The Morgan fingerprint density at radius 3 is 2.32 bits per heavy atom. The van der Waals surface area contributed by atoms with E-state index in [4.69, 9.17) is 18.6 Å². The molecule has 3 aromatic rings. The highest BCUT2D eigenvalue weighted by Crippen LogP contribution is 2.29. The Bertz CT molecular complexity index is 845. The summed E-state index contributed by atoms with van der Waals surface area (Å²) in [5, 5.41) is 0. The Morgan fingerprint density at radius 2 is 1.68 bits per heavy atom. The van der Waals surface area contributed by atoms with Crippen LogP contribution < -0.4 is 9.47 Å². The van der Waals surface area contributed by atoms with Gasteiger partial charge in [-0.3, -0.25) is 0 Å². The summed E-state index contributed by atoms with van der Waals surface area (Å²) in [6.45, 7) is 3.22. The average molecular weight is 445 g/mol. The van der Waals surface area contributed by atoms with E-state index in [2.05, 4.69) is 35.0 Å². The average Bonchev–Trinajstić information content (AvgIpc) is 3.12. The van der Waals surface area contributed by atoms with Crippen molar-refractivity contribution in [2.75, 3.05) is 13.7 Å². The normalized spacial score (nSPS) is 13.1. The second kappa shape index (κ2) is 9.80. The molecule has 0 saturated carbocycles. The maximum absolute atomic E-state index is 6.36. The Balaban J connectivity index is 1.63. The van der Waals surface area contributed by atoms with Crippen LogP contribution in [0.15, 0.2) is 76.0 Å². The van der Waals surface area contributed by atoms with Gasteiger partial charge in [-0.25, -0.2) is 0 Å². The third-order valence-corrected chi connectivity index (χ3v) is 5.34. The first kappa shape index (κ1) is 20.5. The van der Waals surface area contributed by atoms with Crippen molar-refractivity contribution < 1.29 is 18.6 Å². The standard InChI is InChI=1S/C23H25BrO4/c1-23(16-19-12-14-27-22(19)24,28-17-18-6-4-3-5-7-18)13-15-26-21-10-8-20(25-2)9-11-21/h3-12,14H,13,15-17H2,1-2H3/t23-/m0/s1. The molecule has 0 bridgehead atoms.